The van der Waals surface area contributed by atoms with Crippen LogP contribution in [-0.2, 0) is 6.42 Å². The first kappa shape index (κ1) is 20.9. The molecule has 1 amide bonds. The monoisotopic (exact) mass is 458 g/mol. The van der Waals surface area contributed by atoms with Crippen LogP contribution in [0.2, 0.25) is 0 Å². The maximum Gasteiger partial charge on any atom is 0.255 e. The summed E-state index contributed by atoms with van der Waals surface area (Å²) in [6.07, 6.45) is 8.92. The minimum Gasteiger partial charge on any atom is -0.335 e. The average molecular weight is 459 g/mol. The maximum atomic E-state index is 12.6. The van der Waals surface area contributed by atoms with Gasteiger partial charge < -0.3 is 10.3 Å². The van der Waals surface area contributed by atoms with Crippen molar-refractivity contribution in [3.63, 3.8) is 0 Å². The second-order valence-corrected chi connectivity index (χ2v) is 8.47. The van der Waals surface area contributed by atoms with Gasteiger partial charge in [-0.25, -0.2) is 4.98 Å². The number of nitrogens with one attached hydrogen (secondary N) is 2. The van der Waals surface area contributed by atoms with E-state index in [0.717, 1.165) is 58.6 Å². The van der Waals surface area contributed by atoms with Crippen molar-refractivity contribution in [3.05, 3.63) is 108 Å². The van der Waals surface area contributed by atoms with Crippen LogP contribution < -0.4 is 5.32 Å². The number of aliphatic imine (C=N–C) groups is 1. The number of aromatic nitrogens is 4. The van der Waals surface area contributed by atoms with Crippen molar-refractivity contribution in [1.82, 2.24) is 19.9 Å². The number of carbonyl (C=O) groups is 1. The average Bonchev–Trinajstić information content (AvgIpc) is 3.22. The van der Waals surface area contributed by atoms with E-state index in [1.165, 1.54) is 5.56 Å². The van der Waals surface area contributed by atoms with Crippen LogP contribution in [0.1, 0.15) is 33.7 Å². The van der Waals surface area contributed by atoms with Gasteiger partial charge in [-0.05, 0) is 54.3 Å². The first-order valence-electron chi connectivity index (χ1n) is 11.5. The third kappa shape index (κ3) is 4.19. The molecule has 7 nitrogen and oxygen atoms in total. The highest BCUT2D eigenvalue weighted by atomic mass is 16.1. The van der Waals surface area contributed by atoms with Crippen LogP contribution in [0.15, 0.2) is 90.4 Å². The van der Waals surface area contributed by atoms with E-state index < -0.39 is 0 Å². The number of anilines is 1. The predicted molar refractivity (Wildman–Crippen MR) is 137 cm³/mol. The first-order valence-corrected chi connectivity index (χ1v) is 11.5. The Bertz CT molecular complexity index is 1540. The summed E-state index contributed by atoms with van der Waals surface area (Å²) in [7, 11) is 0. The van der Waals surface area contributed by atoms with E-state index in [-0.39, 0.29) is 5.91 Å². The zero-order valence-corrected chi connectivity index (χ0v) is 18.9. The van der Waals surface area contributed by atoms with E-state index in [2.05, 4.69) is 38.5 Å². The molecule has 0 saturated heterocycles. The molecule has 0 bridgehead atoms. The highest BCUT2D eigenvalue weighted by molar-refractivity contribution is 6.13. The number of imidazole rings is 1. The highest BCUT2D eigenvalue weighted by Crippen LogP contribution is 2.28. The molecule has 6 rings (SSSR count). The third-order valence-electron chi connectivity index (χ3n) is 6.11. The number of hydrogen-bond acceptors (Lipinski definition) is 5. The number of carbonyl (C=O) groups excluding carboxylic acids is 1. The van der Waals surface area contributed by atoms with Crippen LogP contribution in [0, 0.1) is 0 Å². The predicted octanol–water partition coefficient (Wildman–Crippen LogP) is 5.06. The van der Waals surface area contributed by atoms with E-state index in [1.54, 1.807) is 36.9 Å². The number of benzene rings is 2. The molecule has 170 valence electrons. The van der Waals surface area contributed by atoms with Gasteiger partial charge >= 0.3 is 0 Å². The maximum absolute atomic E-state index is 12.6. The minimum absolute atomic E-state index is 0.166. The standard InChI is InChI=1S/C28H22N6O/c35-28(19-5-2-1-3-6-19)32-22-13-21(15-30-16-22)20-9-8-18-7-4-11-31-26(23(18)14-20)27-33-24-10-12-29-17-25(24)34-27/h1-3,5-6,8-10,12-17H,4,7,11H2,(H,32,35)(H,33,34). The molecule has 0 radical (unpaired) electrons. The summed E-state index contributed by atoms with van der Waals surface area (Å²) in [5.74, 6) is 0.579. The van der Waals surface area contributed by atoms with Gasteiger partial charge in [0.05, 0.1) is 29.1 Å². The van der Waals surface area contributed by atoms with Gasteiger partial charge in [-0.2, -0.15) is 0 Å². The fraction of sp³-hybridized carbons (Fsp3) is 0.107. The number of aromatic amines is 1. The lowest BCUT2D eigenvalue weighted by atomic mass is 9.95. The quantitative estimate of drug-likeness (QED) is 0.394. The van der Waals surface area contributed by atoms with Crippen molar-refractivity contribution in [2.24, 2.45) is 4.99 Å². The minimum atomic E-state index is -0.166. The molecule has 0 atom stereocenters. The smallest absolute Gasteiger partial charge is 0.255 e. The Morgan fingerprint density at radius 1 is 0.914 bits per heavy atom. The number of fused-ring (bicyclic) bond motifs is 2. The Kier molecular flexibility index (Phi) is 5.35. The molecule has 0 saturated carbocycles. The van der Waals surface area contributed by atoms with E-state index in [0.29, 0.717) is 11.3 Å². The molecule has 2 aromatic carbocycles. The van der Waals surface area contributed by atoms with Gasteiger partial charge in [0.15, 0.2) is 5.82 Å². The van der Waals surface area contributed by atoms with E-state index >= 15 is 0 Å². The van der Waals surface area contributed by atoms with Crippen LogP contribution in [-0.4, -0.2) is 38.1 Å². The number of nitrogens with zero attached hydrogens (tertiary/aromatic N) is 4. The molecular formula is C28H22N6O. The van der Waals surface area contributed by atoms with Crippen LogP contribution in [0.3, 0.4) is 0 Å². The molecule has 4 heterocycles. The molecule has 35 heavy (non-hydrogen) atoms. The molecule has 1 aliphatic rings. The molecule has 3 aromatic heterocycles. The largest absolute Gasteiger partial charge is 0.335 e. The zero-order chi connectivity index (χ0) is 23.6. The fourth-order valence-electron chi connectivity index (χ4n) is 4.37. The summed E-state index contributed by atoms with van der Waals surface area (Å²) in [5, 5.41) is 2.94. The summed E-state index contributed by atoms with van der Waals surface area (Å²) in [4.78, 5) is 34.2. The fourth-order valence-corrected chi connectivity index (χ4v) is 4.37. The van der Waals surface area contributed by atoms with Gasteiger partial charge in [-0.15, -0.1) is 0 Å². The van der Waals surface area contributed by atoms with Crippen molar-refractivity contribution < 1.29 is 4.79 Å². The second kappa shape index (κ2) is 8.95. The lowest BCUT2D eigenvalue weighted by Gasteiger charge is -2.12. The highest BCUT2D eigenvalue weighted by Gasteiger charge is 2.19. The van der Waals surface area contributed by atoms with Crippen molar-refractivity contribution in [3.8, 4) is 11.1 Å². The van der Waals surface area contributed by atoms with E-state index in [4.69, 9.17) is 9.98 Å². The van der Waals surface area contributed by atoms with Crippen molar-refractivity contribution in [2.75, 3.05) is 11.9 Å². The van der Waals surface area contributed by atoms with E-state index in [9.17, 15) is 4.79 Å². The van der Waals surface area contributed by atoms with Crippen molar-refractivity contribution >= 4 is 28.3 Å². The number of amides is 1. The summed E-state index contributed by atoms with van der Waals surface area (Å²) in [5.41, 5.74) is 8.07. The second-order valence-electron chi connectivity index (χ2n) is 8.47. The number of hydrogen-bond donors (Lipinski definition) is 2. The van der Waals surface area contributed by atoms with Gasteiger partial charge in [0, 0.05) is 35.6 Å². The van der Waals surface area contributed by atoms with E-state index in [1.807, 2.05) is 30.3 Å². The van der Waals surface area contributed by atoms with Crippen LogP contribution >= 0.6 is 0 Å². The third-order valence-corrected chi connectivity index (χ3v) is 6.11. The molecule has 0 unspecified atom stereocenters. The molecule has 7 heteroatoms. The van der Waals surface area contributed by atoms with Gasteiger partial charge in [0.25, 0.3) is 5.91 Å². The topological polar surface area (TPSA) is 95.9 Å². The van der Waals surface area contributed by atoms with Crippen molar-refractivity contribution in [2.45, 2.75) is 12.8 Å². The Morgan fingerprint density at radius 2 is 1.83 bits per heavy atom. The summed E-state index contributed by atoms with van der Waals surface area (Å²) < 4.78 is 0. The van der Waals surface area contributed by atoms with Crippen LogP contribution in [0.4, 0.5) is 5.69 Å². The lowest BCUT2D eigenvalue weighted by molar-refractivity contribution is 0.102. The number of aryl methyl sites for hydroxylation is 1. The number of rotatable bonds is 4. The van der Waals surface area contributed by atoms with Gasteiger partial charge in [0.2, 0.25) is 0 Å². The molecular weight excluding hydrogens is 436 g/mol. The molecule has 0 fully saturated rings. The van der Waals surface area contributed by atoms with Crippen LogP contribution in [0.5, 0.6) is 0 Å². The van der Waals surface area contributed by atoms with Crippen LogP contribution in [0.25, 0.3) is 22.2 Å². The lowest BCUT2D eigenvalue weighted by Crippen LogP contribution is -2.11. The Morgan fingerprint density at radius 3 is 2.71 bits per heavy atom. The summed E-state index contributed by atoms with van der Waals surface area (Å²) in [6.45, 7) is 0.747. The van der Waals surface area contributed by atoms with Gasteiger partial charge in [-0.3, -0.25) is 19.8 Å². The molecule has 2 N–H and O–H groups in total. The Balaban J connectivity index is 1.35. The van der Waals surface area contributed by atoms with Crippen molar-refractivity contribution in [1.29, 1.82) is 0 Å². The van der Waals surface area contributed by atoms with Gasteiger partial charge in [0.1, 0.15) is 5.71 Å². The molecule has 0 spiro atoms. The normalized spacial score (nSPS) is 13.1. The summed E-state index contributed by atoms with van der Waals surface area (Å²) in [6, 6.07) is 19.4. The Labute approximate surface area is 202 Å². The number of pyridine rings is 2. The molecule has 1 aliphatic heterocycles. The Hall–Kier alpha value is -4.65. The summed E-state index contributed by atoms with van der Waals surface area (Å²) >= 11 is 0. The van der Waals surface area contributed by atoms with Gasteiger partial charge in [-0.1, -0.05) is 30.3 Å². The first-order chi connectivity index (χ1) is 17.2. The SMILES string of the molecule is O=C(Nc1cncc(-c2ccc3c(c2)C(c2nc4ccncc4[nH]2)=NCCC3)c1)c1ccccc1. The zero-order valence-electron chi connectivity index (χ0n) is 18.9. The number of H-pyrrole nitrogens is 1. The molecule has 5 aromatic rings. The molecule has 0 aliphatic carbocycles.